The summed E-state index contributed by atoms with van der Waals surface area (Å²) in [4.78, 5) is 25.3. The first-order valence-electron chi connectivity index (χ1n) is 8.70. The maximum atomic E-state index is 13.6. The molecule has 2 aromatic carbocycles. The summed E-state index contributed by atoms with van der Waals surface area (Å²) in [6, 6.07) is 10.1. The quantitative estimate of drug-likeness (QED) is 0.740. The van der Waals surface area contributed by atoms with Gasteiger partial charge in [0, 0.05) is 22.7 Å². The van der Waals surface area contributed by atoms with Crippen molar-refractivity contribution in [3.63, 3.8) is 0 Å². The molecule has 3 rings (SSSR count). The van der Waals surface area contributed by atoms with Gasteiger partial charge in [-0.1, -0.05) is 6.07 Å². The molecule has 0 saturated carbocycles. The van der Waals surface area contributed by atoms with Crippen molar-refractivity contribution >= 4 is 22.7 Å². The fourth-order valence-electron chi connectivity index (χ4n) is 3.24. The molecular formula is C21H21FN2O3. The van der Waals surface area contributed by atoms with Crippen molar-refractivity contribution < 1.29 is 19.1 Å². The summed E-state index contributed by atoms with van der Waals surface area (Å²) in [7, 11) is 0. The molecule has 0 radical (unpaired) electrons. The zero-order chi connectivity index (χ0) is 19.7. The zero-order valence-corrected chi connectivity index (χ0v) is 15.4. The van der Waals surface area contributed by atoms with Gasteiger partial charge in [0.15, 0.2) is 0 Å². The van der Waals surface area contributed by atoms with Gasteiger partial charge in [0.05, 0.1) is 11.9 Å². The second-order valence-corrected chi connectivity index (χ2v) is 6.82. The lowest BCUT2D eigenvalue weighted by atomic mass is 10.1. The molecule has 0 fully saturated rings. The average Bonchev–Trinajstić information content (AvgIpc) is 2.85. The minimum absolute atomic E-state index is 0.00603. The molecule has 0 aliphatic rings. The van der Waals surface area contributed by atoms with Crippen LogP contribution in [0.4, 0.5) is 4.39 Å². The van der Waals surface area contributed by atoms with Crippen molar-refractivity contribution in [3.05, 3.63) is 65.1 Å². The van der Waals surface area contributed by atoms with E-state index in [1.165, 1.54) is 34.9 Å². The summed E-state index contributed by atoms with van der Waals surface area (Å²) in [6.45, 7) is 5.48. The van der Waals surface area contributed by atoms with E-state index in [2.05, 4.69) is 5.32 Å². The molecule has 0 aliphatic carbocycles. The fourth-order valence-corrected chi connectivity index (χ4v) is 3.24. The van der Waals surface area contributed by atoms with E-state index in [0.717, 1.165) is 0 Å². The van der Waals surface area contributed by atoms with Gasteiger partial charge in [0.2, 0.25) is 5.91 Å². The molecule has 1 heterocycles. The number of halogens is 1. The molecule has 0 unspecified atom stereocenters. The first-order chi connectivity index (χ1) is 12.8. The third-order valence-electron chi connectivity index (χ3n) is 4.38. The van der Waals surface area contributed by atoms with E-state index in [9.17, 15) is 19.1 Å². The Balaban J connectivity index is 2.15. The van der Waals surface area contributed by atoms with Gasteiger partial charge in [-0.3, -0.25) is 14.2 Å². The Labute approximate surface area is 156 Å². The molecule has 0 saturated heterocycles. The van der Waals surface area contributed by atoms with Crippen LogP contribution < -0.4 is 5.32 Å². The lowest BCUT2D eigenvalue weighted by Gasteiger charge is -2.09. The maximum absolute atomic E-state index is 13.6. The number of nitrogens with zero attached hydrogens (tertiary/aromatic N) is 1. The van der Waals surface area contributed by atoms with Gasteiger partial charge in [0.1, 0.15) is 11.6 Å². The summed E-state index contributed by atoms with van der Waals surface area (Å²) in [5.41, 5.74) is 2.01. The highest BCUT2D eigenvalue weighted by molar-refractivity contribution is 6.05. The number of phenolic OH excluding ortho intramolecular Hbond substituents is 1. The van der Waals surface area contributed by atoms with Crippen LogP contribution in [0.1, 0.15) is 35.5 Å². The van der Waals surface area contributed by atoms with Crippen LogP contribution in [0.2, 0.25) is 0 Å². The van der Waals surface area contributed by atoms with Crippen LogP contribution in [-0.2, 0) is 11.2 Å². The molecule has 0 aliphatic heterocycles. The Morgan fingerprint density at radius 1 is 1.19 bits per heavy atom. The van der Waals surface area contributed by atoms with Crippen LogP contribution in [0.15, 0.2) is 42.5 Å². The van der Waals surface area contributed by atoms with Crippen molar-refractivity contribution in [3.8, 4) is 5.75 Å². The molecule has 0 bridgehead atoms. The van der Waals surface area contributed by atoms with Gasteiger partial charge in [-0.2, -0.15) is 0 Å². The monoisotopic (exact) mass is 368 g/mol. The van der Waals surface area contributed by atoms with Crippen LogP contribution in [0.5, 0.6) is 5.75 Å². The number of amides is 1. The zero-order valence-electron chi connectivity index (χ0n) is 15.4. The molecule has 27 heavy (non-hydrogen) atoms. The Kier molecular flexibility index (Phi) is 4.99. The van der Waals surface area contributed by atoms with Crippen molar-refractivity contribution in [2.45, 2.75) is 33.2 Å². The summed E-state index contributed by atoms with van der Waals surface area (Å²) in [5, 5.41) is 13.3. The van der Waals surface area contributed by atoms with E-state index in [4.69, 9.17) is 0 Å². The molecule has 1 amide bonds. The predicted molar refractivity (Wildman–Crippen MR) is 101 cm³/mol. The molecule has 140 valence electrons. The van der Waals surface area contributed by atoms with Crippen LogP contribution in [0, 0.1) is 12.7 Å². The van der Waals surface area contributed by atoms with Gasteiger partial charge < -0.3 is 10.4 Å². The number of hydrogen-bond acceptors (Lipinski definition) is 3. The molecule has 0 spiro atoms. The first kappa shape index (κ1) is 18.6. The highest BCUT2D eigenvalue weighted by Gasteiger charge is 2.22. The van der Waals surface area contributed by atoms with Gasteiger partial charge in [-0.15, -0.1) is 0 Å². The summed E-state index contributed by atoms with van der Waals surface area (Å²) >= 11 is 0. The fraction of sp³-hybridized carbons (Fsp3) is 0.238. The molecule has 0 atom stereocenters. The molecular weight excluding hydrogens is 347 g/mol. The van der Waals surface area contributed by atoms with Gasteiger partial charge in [-0.25, -0.2) is 4.39 Å². The average molecular weight is 368 g/mol. The third kappa shape index (κ3) is 3.69. The van der Waals surface area contributed by atoms with E-state index in [-0.39, 0.29) is 29.7 Å². The number of hydrogen-bond donors (Lipinski definition) is 2. The third-order valence-corrected chi connectivity index (χ3v) is 4.38. The smallest absolute Gasteiger partial charge is 0.262 e. The number of aromatic nitrogens is 1. The Morgan fingerprint density at radius 2 is 1.93 bits per heavy atom. The maximum Gasteiger partial charge on any atom is 0.262 e. The Bertz CT molecular complexity index is 1040. The minimum Gasteiger partial charge on any atom is -0.508 e. The molecule has 2 N–H and O–H groups in total. The van der Waals surface area contributed by atoms with Crippen LogP contribution in [0.25, 0.3) is 10.9 Å². The highest BCUT2D eigenvalue weighted by atomic mass is 19.1. The number of phenols is 1. The van der Waals surface area contributed by atoms with E-state index in [0.29, 0.717) is 22.2 Å². The van der Waals surface area contributed by atoms with E-state index >= 15 is 0 Å². The number of carbonyl (C=O) groups is 2. The number of benzene rings is 2. The van der Waals surface area contributed by atoms with Crippen LogP contribution >= 0.6 is 0 Å². The Morgan fingerprint density at radius 3 is 2.59 bits per heavy atom. The second kappa shape index (κ2) is 7.23. The number of fused-ring (bicyclic) bond motifs is 1. The second-order valence-electron chi connectivity index (χ2n) is 6.82. The largest absolute Gasteiger partial charge is 0.508 e. The number of carbonyl (C=O) groups excluding carboxylic acids is 2. The van der Waals surface area contributed by atoms with Crippen molar-refractivity contribution in [2.75, 3.05) is 0 Å². The SMILES string of the molecule is Cc1c(CC(=O)NC(C)C)c2cc(O)ccc2n1C(=O)c1cccc(F)c1. The van der Waals surface area contributed by atoms with Gasteiger partial charge in [0.25, 0.3) is 5.91 Å². The molecule has 3 aromatic rings. The summed E-state index contributed by atoms with van der Waals surface area (Å²) < 4.78 is 15.0. The standard InChI is InChI=1S/C21H21FN2O3/c1-12(2)23-20(26)11-17-13(3)24(19-8-7-16(25)10-18(17)19)21(27)14-5-4-6-15(22)9-14/h4-10,12,25H,11H2,1-3H3,(H,23,26). The normalized spacial score (nSPS) is 11.1. The van der Waals surface area contributed by atoms with E-state index in [1.54, 1.807) is 19.1 Å². The molecule has 5 nitrogen and oxygen atoms in total. The van der Waals surface area contributed by atoms with Crippen molar-refractivity contribution in [2.24, 2.45) is 0 Å². The lowest BCUT2D eigenvalue weighted by Crippen LogP contribution is -2.31. The van der Waals surface area contributed by atoms with Gasteiger partial charge >= 0.3 is 0 Å². The first-order valence-corrected chi connectivity index (χ1v) is 8.70. The van der Waals surface area contributed by atoms with Crippen LogP contribution in [-0.4, -0.2) is 27.5 Å². The molecule has 6 heteroatoms. The Hall–Kier alpha value is -3.15. The number of aromatic hydroxyl groups is 1. The van der Waals surface area contributed by atoms with Gasteiger partial charge in [-0.05, 0) is 62.7 Å². The molecule has 1 aromatic heterocycles. The minimum atomic E-state index is -0.496. The topological polar surface area (TPSA) is 71.3 Å². The summed E-state index contributed by atoms with van der Waals surface area (Å²) in [6.07, 6.45) is 0.0768. The van der Waals surface area contributed by atoms with Crippen molar-refractivity contribution in [1.29, 1.82) is 0 Å². The summed E-state index contributed by atoms with van der Waals surface area (Å²) in [5.74, 6) is -1.01. The number of rotatable bonds is 4. The predicted octanol–water partition coefficient (Wildman–Crippen LogP) is 3.55. The highest BCUT2D eigenvalue weighted by Crippen LogP contribution is 2.30. The van der Waals surface area contributed by atoms with E-state index < -0.39 is 11.7 Å². The van der Waals surface area contributed by atoms with E-state index in [1.807, 2.05) is 13.8 Å². The van der Waals surface area contributed by atoms with Crippen LogP contribution in [0.3, 0.4) is 0 Å². The number of nitrogens with one attached hydrogen (secondary N) is 1. The lowest BCUT2D eigenvalue weighted by molar-refractivity contribution is -0.120. The van der Waals surface area contributed by atoms with Crippen molar-refractivity contribution in [1.82, 2.24) is 9.88 Å².